The molecule has 1 atom stereocenters. The Hall–Kier alpha value is -0.850. The van der Waals surface area contributed by atoms with E-state index in [4.69, 9.17) is 0 Å². The van der Waals surface area contributed by atoms with Gasteiger partial charge in [0.15, 0.2) is 5.82 Å². The fourth-order valence-corrected chi connectivity index (χ4v) is 3.49. The molecule has 1 aliphatic rings. The molecule has 2 aromatic heterocycles. The Balaban J connectivity index is 1.68. The normalized spacial score (nSPS) is 20.6. The molecule has 0 spiro atoms. The van der Waals surface area contributed by atoms with Crippen molar-refractivity contribution in [3.8, 4) is 10.7 Å². The summed E-state index contributed by atoms with van der Waals surface area (Å²) in [6.45, 7) is 1.10. The molecule has 2 N–H and O–H groups in total. The number of H-pyrrole nitrogens is 1. The third-order valence-corrected chi connectivity index (χ3v) is 4.71. The summed E-state index contributed by atoms with van der Waals surface area (Å²) in [4.78, 5) is 5.66. The van der Waals surface area contributed by atoms with Crippen molar-refractivity contribution in [2.24, 2.45) is 0 Å². The summed E-state index contributed by atoms with van der Waals surface area (Å²) in [5, 5.41) is 12.9. The summed E-state index contributed by atoms with van der Waals surface area (Å²) in [5.74, 6) is 4.18. The van der Waals surface area contributed by atoms with Crippen LogP contribution in [-0.2, 0) is 6.42 Å². The van der Waals surface area contributed by atoms with Crippen LogP contribution in [0.25, 0.3) is 10.7 Å². The topological polar surface area (TPSA) is 53.6 Å². The number of nitrogens with zero attached hydrogens (tertiary/aromatic N) is 2. The van der Waals surface area contributed by atoms with Gasteiger partial charge in [0.05, 0.1) is 4.88 Å². The third kappa shape index (κ3) is 2.70. The lowest BCUT2D eigenvalue weighted by atomic mass is 10.2. The number of nitrogens with one attached hydrogen (secondary N) is 2. The molecule has 0 aliphatic carbocycles. The number of thiophene rings is 1. The van der Waals surface area contributed by atoms with Crippen LogP contribution in [0.5, 0.6) is 0 Å². The van der Waals surface area contributed by atoms with Gasteiger partial charge in [-0.25, -0.2) is 4.98 Å². The van der Waals surface area contributed by atoms with Crippen molar-refractivity contribution in [3.05, 3.63) is 23.3 Å². The fourth-order valence-electron chi connectivity index (χ4n) is 1.89. The minimum absolute atomic E-state index is 0.526. The second-order valence-corrected chi connectivity index (χ2v) is 6.11. The predicted molar refractivity (Wildman–Crippen MR) is 72.5 cm³/mol. The standard InChI is InChI=1S/C11H14N4S2/c1-2-9(17-4-1)11-13-10(14-15-11)6-8-7-16-5-3-12-8/h1-2,4,8,12H,3,5-7H2,(H,13,14,15). The van der Waals surface area contributed by atoms with Crippen molar-refractivity contribution >= 4 is 23.1 Å². The van der Waals surface area contributed by atoms with Crippen LogP contribution in [0.3, 0.4) is 0 Å². The van der Waals surface area contributed by atoms with E-state index in [-0.39, 0.29) is 0 Å². The van der Waals surface area contributed by atoms with Gasteiger partial charge < -0.3 is 5.32 Å². The molecule has 4 nitrogen and oxygen atoms in total. The van der Waals surface area contributed by atoms with Crippen LogP contribution in [0.1, 0.15) is 5.82 Å². The number of hydrogen-bond acceptors (Lipinski definition) is 5. The first-order valence-corrected chi connectivity index (χ1v) is 7.71. The zero-order valence-electron chi connectivity index (χ0n) is 9.35. The average molecular weight is 266 g/mol. The van der Waals surface area contributed by atoms with Crippen LogP contribution in [-0.4, -0.2) is 39.3 Å². The van der Waals surface area contributed by atoms with Gasteiger partial charge >= 0.3 is 0 Å². The van der Waals surface area contributed by atoms with Crippen molar-refractivity contribution < 1.29 is 0 Å². The van der Waals surface area contributed by atoms with Crippen molar-refractivity contribution in [2.45, 2.75) is 12.5 Å². The molecule has 90 valence electrons. The van der Waals surface area contributed by atoms with Crippen LogP contribution in [0.4, 0.5) is 0 Å². The van der Waals surface area contributed by atoms with Crippen LogP contribution >= 0.6 is 23.1 Å². The Bertz CT molecular complexity index is 460. The summed E-state index contributed by atoms with van der Waals surface area (Å²) in [6.07, 6.45) is 0.936. The van der Waals surface area contributed by atoms with E-state index < -0.39 is 0 Å². The maximum atomic E-state index is 4.54. The van der Waals surface area contributed by atoms with Crippen molar-refractivity contribution in [3.63, 3.8) is 0 Å². The largest absolute Gasteiger partial charge is 0.312 e. The number of aromatic amines is 1. The van der Waals surface area contributed by atoms with Gasteiger partial charge in [0.25, 0.3) is 0 Å². The Morgan fingerprint density at radius 2 is 2.47 bits per heavy atom. The Kier molecular flexibility index (Phi) is 3.44. The second kappa shape index (κ2) is 5.20. The van der Waals surface area contributed by atoms with Gasteiger partial charge in [0.2, 0.25) is 0 Å². The maximum Gasteiger partial charge on any atom is 0.191 e. The molecule has 0 amide bonds. The monoisotopic (exact) mass is 266 g/mol. The molecule has 0 aromatic carbocycles. The maximum absolute atomic E-state index is 4.54. The van der Waals surface area contributed by atoms with Crippen molar-refractivity contribution in [1.82, 2.24) is 20.5 Å². The quantitative estimate of drug-likeness (QED) is 0.889. The van der Waals surface area contributed by atoms with E-state index in [2.05, 4.69) is 20.5 Å². The Labute approximate surface area is 108 Å². The highest BCUT2D eigenvalue weighted by Gasteiger charge is 2.16. The van der Waals surface area contributed by atoms with Crippen molar-refractivity contribution in [2.75, 3.05) is 18.1 Å². The van der Waals surface area contributed by atoms with Gasteiger partial charge in [0.1, 0.15) is 5.82 Å². The second-order valence-electron chi connectivity index (χ2n) is 4.01. The number of aromatic nitrogens is 3. The predicted octanol–water partition coefficient (Wildman–Crippen LogP) is 1.78. The van der Waals surface area contributed by atoms with Crippen LogP contribution in [0.2, 0.25) is 0 Å². The molecular weight excluding hydrogens is 252 g/mol. The first-order valence-electron chi connectivity index (χ1n) is 5.68. The molecule has 6 heteroatoms. The molecule has 1 unspecified atom stereocenters. The Morgan fingerprint density at radius 3 is 3.24 bits per heavy atom. The van der Waals surface area contributed by atoms with E-state index in [0.29, 0.717) is 6.04 Å². The lowest BCUT2D eigenvalue weighted by Gasteiger charge is -2.21. The van der Waals surface area contributed by atoms with Gasteiger partial charge in [-0.2, -0.15) is 16.9 Å². The lowest BCUT2D eigenvalue weighted by molar-refractivity contribution is 0.551. The zero-order valence-corrected chi connectivity index (χ0v) is 11.0. The smallest absolute Gasteiger partial charge is 0.191 e. The Morgan fingerprint density at radius 1 is 1.47 bits per heavy atom. The fraction of sp³-hybridized carbons (Fsp3) is 0.455. The highest BCUT2D eigenvalue weighted by atomic mass is 32.2. The highest BCUT2D eigenvalue weighted by Crippen LogP contribution is 2.20. The van der Waals surface area contributed by atoms with E-state index >= 15 is 0 Å². The molecule has 1 fully saturated rings. The first-order chi connectivity index (χ1) is 8.42. The zero-order chi connectivity index (χ0) is 11.5. The number of rotatable bonds is 3. The molecule has 1 aliphatic heterocycles. The first kappa shape index (κ1) is 11.3. The van der Waals surface area contributed by atoms with Gasteiger partial charge in [-0.15, -0.1) is 11.3 Å². The van der Waals surface area contributed by atoms with Gasteiger partial charge in [0, 0.05) is 30.5 Å². The minimum Gasteiger partial charge on any atom is -0.312 e. The summed E-state index contributed by atoms with van der Waals surface area (Å²) in [6, 6.07) is 4.60. The summed E-state index contributed by atoms with van der Waals surface area (Å²) in [5.41, 5.74) is 0. The molecule has 0 bridgehead atoms. The summed E-state index contributed by atoms with van der Waals surface area (Å²) < 4.78 is 0. The average Bonchev–Trinajstić information content (AvgIpc) is 3.00. The summed E-state index contributed by atoms with van der Waals surface area (Å²) >= 11 is 3.67. The number of thioether (sulfide) groups is 1. The van der Waals surface area contributed by atoms with E-state index in [9.17, 15) is 0 Å². The van der Waals surface area contributed by atoms with Crippen LogP contribution in [0.15, 0.2) is 17.5 Å². The van der Waals surface area contributed by atoms with E-state index in [1.54, 1.807) is 11.3 Å². The molecule has 2 aromatic rings. The van der Waals surface area contributed by atoms with E-state index in [0.717, 1.165) is 35.2 Å². The van der Waals surface area contributed by atoms with Crippen molar-refractivity contribution in [1.29, 1.82) is 0 Å². The third-order valence-electron chi connectivity index (χ3n) is 2.71. The molecule has 0 saturated carbocycles. The molecule has 1 saturated heterocycles. The van der Waals surface area contributed by atoms with E-state index in [1.807, 2.05) is 29.3 Å². The van der Waals surface area contributed by atoms with Crippen LogP contribution < -0.4 is 5.32 Å². The van der Waals surface area contributed by atoms with Gasteiger partial charge in [-0.1, -0.05) is 6.07 Å². The van der Waals surface area contributed by atoms with E-state index in [1.165, 1.54) is 5.75 Å². The number of hydrogen-bond donors (Lipinski definition) is 2. The molecule has 17 heavy (non-hydrogen) atoms. The molecule has 3 rings (SSSR count). The highest BCUT2D eigenvalue weighted by molar-refractivity contribution is 7.99. The lowest BCUT2D eigenvalue weighted by Crippen LogP contribution is -2.39. The SMILES string of the molecule is c1csc(-c2n[nH]c(CC3CSCCN3)n2)c1. The molecule has 0 radical (unpaired) electrons. The van der Waals surface area contributed by atoms with Gasteiger partial charge in [-0.3, -0.25) is 5.10 Å². The van der Waals surface area contributed by atoms with Gasteiger partial charge in [-0.05, 0) is 11.4 Å². The molecule has 3 heterocycles. The van der Waals surface area contributed by atoms with Crippen LogP contribution in [0, 0.1) is 0 Å². The molecular formula is C11H14N4S2. The minimum atomic E-state index is 0.526. The summed E-state index contributed by atoms with van der Waals surface area (Å²) in [7, 11) is 0.